The van der Waals surface area contributed by atoms with Crippen molar-refractivity contribution in [3.8, 4) is 0 Å². The molecule has 3 aromatic rings. The lowest BCUT2D eigenvalue weighted by molar-refractivity contribution is -0.103. The van der Waals surface area contributed by atoms with Crippen LogP contribution >= 0.6 is 8.86 Å². The van der Waals surface area contributed by atoms with Crippen LogP contribution in [0, 0.1) is 0 Å². The van der Waals surface area contributed by atoms with Crippen LogP contribution < -0.4 is 0 Å². The Morgan fingerprint density at radius 1 is 0.625 bits per heavy atom. The van der Waals surface area contributed by atoms with E-state index >= 15 is 0 Å². The summed E-state index contributed by atoms with van der Waals surface area (Å²) < 4.78 is 0. The third kappa shape index (κ3) is 3.42. The van der Waals surface area contributed by atoms with Gasteiger partial charge in [-0.1, -0.05) is 91.0 Å². The summed E-state index contributed by atoms with van der Waals surface area (Å²) in [5, 5.41) is 0.896. The molecule has 2 heteroatoms. The standard InChI is InChI=1S/C22H17OP/c23-16-20(17-10-4-1-5-11-17)21(18-12-6-2-7-13-18)22(24)19-14-8-3-9-15-19/h1-16,24H/b21-20-. The topological polar surface area (TPSA) is 17.1 Å². The predicted octanol–water partition coefficient (Wildman–Crippen LogP) is 5.16. The van der Waals surface area contributed by atoms with Crippen molar-refractivity contribution < 1.29 is 4.79 Å². The van der Waals surface area contributed by atoms with Crippen molar-refractivity contribution in [3.05, 3.63) is 108 Å². The summed E-state index contributed by atoms with van der Waals surface area (Å²) in [5.41, 5.74) is 4.48. The maximum absolute atomic E-state index is 12.0. The second-order valence-electron chi connectivity index (χ2n) is 5.38. The summed E-state index contributed by atoms with van der Waals surface area (Å²) in [6, 6.07) is 29.7. The fourth-order valence-corrected chi connectivity index (χ4v) is 3.12. The van der Waals surface area contributed by atoms with Crippen LogP contribution in [0.5, 0.6) is 0 Å². The van der Waals surface area contributed by atoms with Crippen LogP contribution in [0.15, 0.2) is 91.0 Å². The summed E-state index contributed by atoms with van der Waals surface area (Å²) in [4.78, 5) is 12.0. The van der Waals surface area contributed by atoms with Gasteiger partial charge in [0.15, 0.2) is 6.29 Å². The van der Waals surface area contributed by atoms with E-state index in [9.17, 15) is 4.79 Å². The van der Waals surface area contributed by atoms with E-state index in [4.69, 9.17) is 0 Å². The highest BCUT2D eigenvalue weighted by Gasteiger charge is 2.15. The number of aldehydes is 1. The molecule has 0 atom stereocenters. The molecule has 0 aliphatic heterocycles. The van der Waals surface area contributed by atoms with Gasteiger partial charge in [-0.15, -0.1) is 8.86 Å². The molecule has 0 bridgehead atoms. The molecule has 1 nitrogen and oxygen atoms in total. The Morgan fingerprint density at radius 3 is 1.50 bits per heavy atom. The maximum atomic E-state index is 12.0. The summed E-state index contributed by atoms with van der Waals surface area (Å²) in [5.74, 6) is 0. The van der Waals surface area contributed by atoms with Crippen LogP contribution in [0.3, 0.4) is 0 Å². The molecular weight excluding hydrogens is 311 g/mol. The van der Waals surface area contributed by atoms with Crippen molar-refractivity contribution in [1.29, 1.82) is 0 Å². The van der Waals surface area contributed by atoms with Gasteiger partial charge in [0.25, 0.3) is 0 Å². The molecule has 0 fully saturated rings. The number of hydrogen-bond donors (Lipinski definition) is 0. The van der Waals surface area contributed by atoms with E-state index < -0.39 is 0 Å². The second kappa shape index (κ2) is 7.68. The van der Waals surface area contributed by atoms with E-state index in [0.29, 0.717) is 5.57 Å². The number of rotatable bonds is 5. The van der Waals surface area contributed by atoms with Crippen LogP contribution in [0.4, 0.5) is 0 Å². The Balaban J connectivity index is 2.24. The molecule has 0 spiro atoms. The highest BCUT2D eigenvalue weighted by molar-refractivity contribution is 7.25. The third-order valence-electron chi connectivity index (χ3n) is 3.85. The minimum Gasteiger partial charge on any atom is -0.298 e. The molecule has 0 saturated heterocycles. The van der Waals surface area contributed by atoms with Gasteiger partial charge in [0.05, 0.1) is 0 Å². The maximum Gasteiger partial charge on any atom is 0.151 e. The first-order valence-corrected chi connectivity index (χ1v) is 8.26. The highest BCUT2D eigenvalue weighted by atomic mass is 31.0. The van der Waals surface area contributed by atoms with Gasteiger partial charge in [-0.2, -0.15) is 0 Å². The van der Waals surface area contributed by atoms with Gasteiger partial charge >= 0.3 is 0 Å². The molecule has 0 unspecified atom stereocenters. The van der Waals surface area contributed by atoms with E-state index in [1.165, 1.54) is 0 Å². The minimum atomic E-state index is 0.663. The smallest absolute Gasteiger partial charge is 0.151 e. The van der Waals surface area contributed by atoms with E-state index in [1.54, 1.807) is 0 Å². The monoisotopic (exact) mass is 328 g/mol. The zero-order valence-corrected chi connectivity index (χ0v) is 14.1. The van der Waals surface area contributed by atoms with Crippen molar-refractivity contribution in [2.75, 3.05) is 0 Å². The SMILES string of the molecule is O=C/C(=C(/C(=P)c1ccccc1)c1ccccc1)c1ccccc1. The first-order chi connectivity index (χ1) is 11.8. The van der Waals surface area contributed by atoms with Gasteiger partial charge < -0.3 is 0 Å². The van der Waals surface area contributed by atoms with E-state index in [0.717, 1.165) is 33.8 Å². The lowest BCUT2D eigenvalue weighted by Gasteiger charge is -2.15. The zero-order valence-electron chi connectivity index (χ0n) is 13.1. The van der Waals surface area contributed by atoms with E-state index in [-0.39, 0.29) is 0 Å². The average molecular weight is 328 g/mol. The van der Waals surface area contributed by atoms with Crippen LogP contribution in [0.25, 0.3) is 11.1 Å². The van der Waals surface area contributed by atoms with Crippen molar-refractivity contribution in [1.82, 2.24) is 0 Å². The lowest BCUT2D eigenvalue weighted by Crippen LogP contribution is -2.05. The van der Waals surface area contributed by atoms with E-state index in [1.807, 2.05) is 91.0 Å². The molecular formula is C22H17OP. The number of allylic oxidation sites excluding steroid dienone is 2. The molecule has 0 aliphatic rings. The van der Waals surface area contributed by atoms with Crippen LogP contribution in [0.1, 0.15) is 16.7 Å². The Morgan fingerprint density at radius 2 is 1.04 bits per heavy atom. The predicted molar refractivity (Wildman–Crippen MR) is 105 cm³/mol. The van der Waals surface area contributed by atoms with Crippen molar-refractivity contribution in [2.45, 2.75) is 0 Å². The Bertz CT molecular complexity index is 866. The number of benzene rings is 3. The van der Waals surface area contributed by atoms with Gasteiger partial charge in [0, 0.05) is 16.4 Å². The van der Waals surface area contributed by atoms with Crippen LogP contribution in [-0.2, 0) is 4.79 Å². The first-order valence-electron chi connectivity index (χ1n) is 7.76. The fraction of sp³-hybridized carbons (Fsp3) is 0. The summed E-state index contributed by atoms with van der Waals surface area (Å²) in [6.07, 6.45) is 0.931. The molecule has 0 radical (unpaired) electrons. The fourth-order valence-electron chi connectivity index (χ4n) is 2.68. The highest BCUT2D eigenvalue weighted by Crippen LogP contribution is 2.29. The Labute approximate surface area is 144 Å². The summed E-state index contributed by atoms with van der Waals surface area (Å²) >= 11 is 0. The average Bonchev–Trinajstić information content (AvgIpc) is 2.67. The summed E-state index contributed by atoms with van der Waals surface area (Å²) in [6.45, 7) is 0. The van der Waals surface area contributed by atoms with Crippen molar-refractivity contribution in [3.63, 3.8) is 0 Å². The first kappa shape index (κ1) is 16.1. The van der Waals surface area contributed by atoms with Gasteiger partial charge in [0.1, 0.15) is 0 Å². The van der Waals surface area contributed by atoms with Crippen molar-refractivity contribution in [2.24, 2.45) is 0 Å². The molecule has 3 aromatic carbocycles. The number of hydrogen-bond acceptors (Lipinski definition) is 1. The third-order valence-corrected chi connectivity index (χ3v) is 4.39. The molecule has 0 aromatic heterocycles. The zero-order chi connectivity index (χ0) is 16.8. The van der Waals surface area contributed by atoms with Gasteiger partial charge in [-0.05, 0) is 16.7 Å². The van der Waals surface area contributed by atoms with Gasteiger partial charge in [-0.3, -0.25) is 4.79 Å². The minimum absolute atomic E-state index is 0.663. The van der Waals surface area contributed by atoms with E-state index in [2.05, 4.69) is 8.86 Å². The molecule has 116 valence electrons. The quantitative estimate of drug-likeness (QED) is 0.274. The van der Waals surface area contributed by atoms with Gasteiger partial charge in [-0.25, -0.2) is 0 Å². The second-order valence-corrected chi connectivity index (χ2v) is 5.88. The number of carbonyl (C=O) groups is 1. The largest absolute Gasteiger partial charge is 0.298 e. The Hall–Kier alpha value is -2.76. The molecule has 24 heavy (non-hydrogen) atoms. The van der Waals surface area contributed by atoms with Crippen LogP contribution in [0.2, 0.25) is 0 Å². The molecule has 0 N–H and O–H groups in total. The lowest BCUT2D eigenvalue weighted by atomic mass is 9.90. The normalized spacial score (nSPS) is 11.5. The summed E-state index contributed by atoms with van der Waals surface area (Å²) in [7, 11) is 3.79. The van der Waals surface area contributed by atoms with Gasteiger partial charge in [0.2, 0.25) is 0 Å². The molecule has 0 aliphatic carbocycles. The van der Waals surface area contributed by atoms with Crippen molar-refractivity contribution >= 4 is 31.6 Å². The Kier molecular flexibility index (Phi) is 5.15. The van der Waals surface area contributed by atoms with Crippen LogP contribution in [-0.4, -0.2) is 11.6 Å². The molecule has 0 heterocycles. The molecule has 3 rings (SSSR count). The molecule has 0 amide bonds. The molecule has 0 saturated carbocycles. The number of carbonyl (C=O) groups excluding carboxylic acids is 1.